The largest absolute Gasteiger partial charge is 0.0776 e. The fraction of sp³-hybridized carbons (Fsp3) is 1.00. The van der Waals surface area contributed by atoms with Crippen molar-refractivity contribution in [1.82, 2.24) is 0 Å². The van der Waals surface area contributed by atoms with Crippen LogP contribution in [0.2, 0.25) is 0 Å². The number of hydrogen-bond acceptors (Lipinski definition) is 0. The average molecular weight is 211 g/mol. The number of rotatable bonds is 0. The summed E-state index contributed by atoms with van der Waals surface area (Å²) in [7, 11) is 0. The third kappa shape index (κ3) is 2280. The van der Waals surface area contributed by atoms with Gasteiger partial charge in [0, 0.05) is 18.6 Å². The quantitative estimate of drug-likeness (QED) is 0.437. The molecule has 1 radical (unpaired) electrons. The second-order valence-electron chi connectivity index (χ2n) is 0. The van der Waals surface area contributed by atoms with E-state index in [9.17, 15) is 0 Å². The van der Waals surface area contributed by atoms with Crippen molar-refractivity contribution in [2.24, 2.45) is 0 Å². The van der Waals surface area contributed by atoms with Crippen LogP contribution in [-0.4, -0.2) is 0 Å². The van der Waals surface area contributed by atoms with Crippen molar-refractivity contribution in [1.29, 1.82) is 0 Å². The Morgan fingerprint density at radius 3 is 0.182 bits per heavy atom. The first-order valence-corrected chi connectivity index (χ1v) is 0. The summed E-state index contributed by atoms with van der Waals surface area (Å²) in [6.07, 6.45) is 0. The van der Waals surface area contributed by atoms with Crippen molar-refractivity contribution in [2.45, 2.75) is 74.3 Å². The molecule has 0 rings (SSSR count). The van der Waals surface area contributed by atoms with Crippen LogP contribution in [0.1, 0.15) is 74.3 Å². The van der Waals surface area contributed by atoms with E-state index in [0.717, 1.165) is 0 Å². The molecule has 0 fully saturated rings. The van der Waals surface area contributed by atoms with Gasteiger partial charge in [0.2, 0.25) is 0 Å². The zero-order valence-electron chi connectivity index (χ0n) is 0.447. The monoisotopic (exact) mass is 211 g/mol. The first-order chi connectivity index (χ1) is 0. The zero-order valence-corrected chi connectivity index (χ0v) is 1.84. The van der Waals surface area contributed by atoms with Gasteiger partial charge in [-0.25, -0.2) is 0 Å². The molecule has 0 atom stereocenters. The predicted molar refractivity (Wildman–Crippen MR) is 67.3 cm³/mol. The molecule has 0 aliphatic carbocycles. The van der Waals surface area contributed by atoms with Gasteiger partial charge >= 0.3 is 0 Å². The maximum absolute atomic E-state index is 0. The summed E-state index contributed by atoms with van der Waals surface area (Å²) in [5.41, 5.74) is 0. The van der Waals surface area contributed by atoms with Crippen LogP contribution < -0.4 is 0 Å². The molecule has 0 bridgehead atoms. The molecule has 0 heterocycles. The summed E-state index contributed by atoms with van der Waals surface area (Å²) < 4.78 is 0. The topological polar surface area (TPSA) is 0 Å². The summed E-state index contributed by atoms with van der Waals surface area (Å²) in [5.74, 6) is 0. The van der Waals surface area contributed by atoms with Crippen LogP contribution in [0.25, 0.3) is 0 Å². The molecule has 0 saturated carbocycles. The Balaban J connectivity index is 0. The first-order valence-electron chi connectivity index (χ1n) is 0. The first kappa shape index (κ1) is 3800. The minimum absolute atomic E-state index is 0. The Bertz CT molecular complexity index is 4.83. The van der Waals surface area contributed by atoms with Gasteiger partial charge in [0.05, 0.1) is 0 Å². The average Bonchev–Trinajstić information content (AvgIpc) is 0. The van der Waals surface area contributed by atoms with E-state index in [-0.39, 0.29) is 92.8 Å². The normalized spacial score (nSPS) is 0. The molecule has 11 heavy (non-hydrogen) atoms. The van der Waals surface area contributed by atoms with E-state index in [1.807, 2.05) is 0 Å². The Morgan fingerprint density at radius 2 is 0.182 bits per heavy atom. The smallest absolute Gasteiger partial charge is 0 e. The van der Waals surface area contributed by atoms with Gasteiger partial charge in [-0.05, 0) is 0 Å². The van der Waals surface area contributed by atoms with Gasteiger partial charge in [0.25, 0.3) is 0 Å². The standard InChI is InChI=1S/10CH4.V/h10*1H4;. The molecule has 1 heteroatoms. The van der Waals surface area contributed by atoms with E-state index in [1.165, 1.54) is 0 Å². The Morgan fingerprint density at radius 1 is 0.182 bits per heavy atom. The van der Waals surface area contributed by atoms with Crippen molar-refractivity contribution in [3.63, 3.8) is 0 Å². The van der Waals surface area contributed by atoms with Gasteiger partial charge in [0.15, 0.2) is 0 Å². The van der Waals surface area contributed by atoms with Gasteiger partial charge in [-0.15, -0.1) is 0 Å². The summed E-state index contributed by atoms with van der Waals surface area (Å²) in [5, 5.41) is 0. The van der Waals surface area contributed by atoms with Crippen LogP contribution >= 0.6 is 0 Å². The maximum atomic E-state index is 0. The van der Waals surface area contributed by atoms with E-state index in [4.69, 9.17) is 0 Å². The molecule has 0 unspecified atom stereocenters. The minimum atomic E-state index is 0. The van der Waals surface area contributed by atoms with Gasteiger partial charge in [-0.1, -0.05) is 74.3 Å². The molecule has 0 aliphatic heterocycles. The van der Waals surface area contributed by atoms with Crippen molar-refractivity contribution < 1.29 is 18.6 Å². The fourth-order valence-electron chi connectivity index (χ4n) is 0. The second kappa shape index (κ2) is 2850. The Labute approximate surface area is 93.1 Å². The second-order valence-corrected chi connectivity index (χ2v) is 0. The van der Waals surface area contributed by atoms with E-state index >= 15 is 0 Å². The van der Waals surface area contributed by atoms with Gasteiger partial charge in [-0.3, -0.25) is 0 Å². The van der Waals surface area contributed by atoms with Crippen LogP contribution in [0, 0.1) is 0 Å². The molecule has 0 N–H and O–H groups in total. The van der Waals surface area contributed by atoms with Crippen LogP contribution in [0.3, 0.4) is 0 Å². The van der Waals surface area contributed by atoms with Gasteiger partial charge in [-0.2, -0.15) is 0 Å². The van der Waals surface area contributed by atoms with Crippen molar-refractivity contribution in [2.75, 3.05) is 0 Å². The molecule has 0 aromatic rings. The van der Waals surface area contributed by atoms with E-state index in [0.29, 0.717) is 0 Å². The minimum Gasteiger partial charge on any atom is -0.0776 e. The molecular weight excluding hydrogens is 171 g/mol. The summed E-state index contributed by atoms with van der Waals surface area (Å²) >= 11 is 0. The van der Waals surface area contributed by atoms with Crippen molar-refractivity contribution in [3.05, 3.63) is 0 Å². The maximum Gasteiger partial charge on any atom is 0 e. The molecule has 0 aromatic heterocycles. The Hall–Kier alpha value is 0.584. The summed E-state index contributed by atoms with van der Waals surface area (Å²) in [4.78, 5) is 0. The molecule has 0 aliphatic rings. The van der Waals surface area contributed by atoms with E-state index in [2.05, 4.69) is 0 Å². The van der Waals surface area contributed by atoms with Crippen LogP contribution in [0.15, 0.2) is 0 Å². The third-order valence-electron chi connectivity index (χ3n) is 0. The van der Waals surface area contributed by atoms with E-state index < -0.39 is 0 Å². The van der Waals surface area contributed by atoms with Crippen molar-refractivity contribution >= 4 is 0 Å². The molecule has 0 aromatic carbocycles. The van der Waals surface area contributed by atoms with E-state index in [1.54, 1.807) is 0 Å². The SMILES string of the molecule is C.C.C.C.C.C.C.C.C.C.[V]. The zero-order chi connectivity index (χ0) is 0. The van der Waals surface area contributed by atoms with Gasteiger partial charge in [0.1, 0.15) is 0 Å². The van der Waals surface area contributed by atoms with Crippen LogP contribution in [0.4, 0.5) is 0 Å². The fourth-order valence-corrected chi connectivity index (χ4v) is 0. The van der Waals surface area contributed by atoms with Crippen molar-refractivity contribution in [3.8, 4) is 0 Å². The molecule has 0 amide bonds. The molecule has 0 saturated heterocycles. The molecule has 85 valence electrons. The Kier molecular flexibility index (Phi) is 983000. The van der Waals surface area contributed by atoms with Crippen LogP contribution in [-0.2, 0) is 18.6 Å². The third-order valence-corrected chi connectivity index (χ3v) is 0. The summed E-state index contributed by atoms with van der Waals surface area (Å²) in [6, 6.07) is 0. The predicted octanol–water partition coefficient (Wildman–Crippen LogP) is 6.36. The van der Waals surface area contributed by atoms with Crippen LogP contribution in [0.5, 0.6) is 0 Å². The molecule has 0 nitrogen and oxygen atoms in total. The van der Waals surface area contributed by atoms with Gasteiger partial charge < -0.3 is 0 Å². The number of hydrogen-bond donors (Lipinski definition) is 0. The summed E-state index contributed by atoms with van der Waals surface area (Å²) in [6.45, 7) is 0. The molecule has 0 spiro atoms. The molecular formula is C10H40V.